The van der Waals surface area contributed by atoms with Crippen molar-refractivity contribution in [2.75, 3.05) is 12.8 Å². The van der Waals surface area contributed by atoms with Gasteiger partial charge in [-0.25, -0.2) is 9.97 Å². The lowest BCUT2D eigenvalue weighted by molar-refractivity contribution is -0.139. The summed E-state index contributed by atoms with van der Waals surface area (Å²) in [5.74, 6) is 0.508. The van der Waals surface area contributed by atoms with Crippen LogP contribution in [0.1, 0.15) is 30.2 Å². The maximum atomic E-state index is 13.3. The van der Waals surface area contributed by atoms with Gasteiger partial charge in [0.15, 0.2) is 0 Å². The van der Waals surface area contributed by atoms with Crippen LogP contribution >= 0.6 is 11.3 Å². The molecule has 3 heterocycles. The number of nitrogens with one attached hydrogen (secondary N) is 1. The number of aryl methyl sites for hydroxylation is 1. The Morgan fingerprint density at radius 2 is 2.03 bits per heavy atom. The van der Waals surface area contributed by atoms with Gasteiger partial charge in [-0.15, -0.1) is 11.3 Å². The number of amides is 1. The number of aromatic nitrogens is 2. The van der Waals surface area contributed by atoms with Gasteiger partial charge in [0.2, 0.25) is 5.91 Å². The van der Waals surface area contributed by atoms with Gasteiger partial charge in [-0.1, -0.05) is 18.7 Å². The van der Waals surface area contributed by atoms with Gasteiger partial charge < -0.3 is 16.0 Å². The van der Waals surface area contributed by atoms with Gasteiger partial charge in [0.1, 0.15) is 12.1 Å². The number of nitrogen functional groups attached to an aromatic ring is 1. The molecule has 0 bridgehead atoms. The van der Waals surface area contributed by atoms with Crippen LogP contribution in [0, 0.1) is 5.92 Å². The molecule has 1 amide bonds. The number of carbonyl (C=O) groups excluding carboxylic acids is 1. The molecule has 2 atom stereocenters. The lowest BCUT2D eigenvalue weighted by atomic mass is 9.77. The third-order valence-corrected chi connectivity index (χ3v) is 7.21. The summed E-state index contributed by atoms with van der Waals surface area (Å²) in [4.78, 5) is 24.2. The standard InChI is InChI=1S/C24H27N5OS/c1-16-28-24(2,22-11-19(14-31-22)18-7-5-8-20(25)10-18)21(23(30)29(16)3)9-4-6-17-12-26-15-27-13-17/h5,7-8,10-15,21,28H,1,4,6,9,25H2,2-3H3/t21?,24-/m0/s1. The first-order valence-corrected chi connectivity index (χ1v) is 11.2. The van der Waals surface area contributed by atoms with Crippen molar-refractivity contribution in [3.63, 3.8) is 0 Å². The first-order valence-electron chi connectivity index (χ1n) is 10.3. The molecule has 1 aromatic carbocycles. The molecule has 1 aliphatic heterocycles. The number of anilines is 1. The fourth-order valence-corrected chi connectivity index (χ4v) is 5.27. The predicted molar refractivity (Wildman–Crippen MR) is 125 cm³/mol. The van der Waals surface area contributed by atoms with E-state index in [0.717, 1.165) is 46.5 Å². The highest BCUT2D eigenvalue weighted by molar-refractivity contribution is 7.10. The normalized spacial score (nSPS) is 21.2. The Kier molecular flexibility index (Phi) is 5.78. The molecule has 1 fully saturated rings. The minimum absolute atomic E-state index is 0.0921. The SMILES string of the molecule is C=C1N[C@](C)(c2cc(-c3cccc(N)c3)cs2)C(CCCc2cncnc2)C(=O)N1C. The van der Waals surface area contributed by atoms with Crippen molar-refractivity contribution in [1.82, 2.24) is 20.2 Å². The number of nitrogens with zero attached hydrogens (tertiary/aromatic N) is 3. The van der Waals surface area contributed by atoms with Crippen LogP contribution in [0.25, 0.3) is 11.1 Å². The lowest BCUT2D eigenvalue weighted by Gasteiger charge is -2.46. The zero-order chi connectivity index (χ0) is 22.0. The minimum atomic E-state index is -0.531. The van der Waals surface area contributed by atoms with Crippen LogP contribution in [0.3, 0.4) is 0 Å². The van der Waals surface area contributed by atoms with Crippen molar-refractivity contribution in [3.8, 4) is 11.1 Å². The molecular formula is C24H27N5OS. The zero-order valence-corrected chi connectivity index (χ0v) is 18.7. The summed E-state index contributed by atoms with van der Waals surface area (Å²) in [6.45, 7) is 6.18. The van der Waals surface area contributed by atoms with Crippen molar-refractivity contribution in [1.29, 1.82) is 0 Å². The van der Waals surface area contributed by atoms with Gasteiger partial charge in [0, 0.05) is 30.0 Å². The summed E-state index contributed by atoms with van der Waals surface area (Å²) in [5.41, 5.74) is 9.43. The Bertz CT molecular complexity index is 1100. The molecule has 0 radical (unpaired) electrons. The van der Waals surface area contributed by atoms with E-state index in [1.807, 2.05) is 30.6 Å². The van der Waals surface area contributed by atoms with Gasteiger partial charge in [0.25, 0.3) is 0 Å². The Morgan fingerprint density at radius 1 is 1.26 bits per heavy atom. The van der Waals surface area contributed by atoms with E-state index in [1.165, 1.54) is 6.33 Å². The van der Waals surface area contributed by atoms with Gasteiger partial charge in [0.05, 0.1) is 11.5 Å². The lowest BCUT2D eigenvalue weighted by Crippen LogP contribution is -2.58. The number of hydrogen-bond donors (Lipinski definition) is 2. The second-order valence-corrected chi connectivity index (χ2v) is 9.10. The second-order valence-electron chi connectivity index (χ2n) is 8.19. The van der Waals surface area contributed by atoms with Crippen molar-refractivity contribution in [3.05, 3.63) is 77.3 Å². The summed E-state index contributed by atoms with van der Waals surface area (Å²) in [6.07, 6.45) is 7.65. The molecular weight excluding hydrogens is 406 g/mol. The van der Waals surface area contributed by atoms with Crippen molar-refractivity contribution >= 4 is 22.9 Å². The van der Waals surface area contributed by atoms with E-state index < -0.39 is 5.54 Å². The topological polar surface area (TPSA) is 84.1 Å². The summed E-state index contributed by atoms with van der Waals surface area (Å²) in [7, 11) is 1.78. The van der Waals surface area contributed by atoms with Crippen molar-refractivity contribution in [2.24, 2.45) is 5.92 Å². The van der Waals surface area contributed by atoms with E-state index in [1.54, 1.807) is 23.3 Å². The first-order chi connectivity index (χ1) is 14.9. The minimum Gasteiger partial charge on any atom is -0.399 e. The molecule has 3 aromatic rings. The molecule has 7 heteroatoms. The molecule has 1 unspecified atom stereocenters. The quantitative estimate of drug-likeness (QED) is 0.570. The molecule has 4 rings (SSSR count). The fraction of sp³-hybridized carbons (Fsp3) is 0.292. The summed E-state index contributed by atoms with van der Waals surface area (Å²) < 4.78 is 0. The zero-order valence-electron chi connectivity index (χ0n) is 17.8. The fourth-order valence-electron chi connectivity index (χ4n) is 4.18. The van der Waals surface area contributed by atoms with E-state index in [4.69, 9.17) is 5.73 Å². The third kappa shape index (κ3) is 4.18. The number of hydrogen-bond acceptors (Lipinski definition) is 6. The van der Waals surface area contributed by atoms with Crippen molar-refractivity contribution < 1.29 is 4.79 Å². The molecule has 0 saturated carbocycles. The van der Waals surface area contributed by atoms with Crippen LogP contribution in [0.4, 0.5) is 5.69 Å². The average molecular weight is 434 g/mol. The Labute approximate surface area is 186 Å². The van der Waals surface area contributed by atoms with E-state index in [-0.39, 0.29) is 11.8 Å². The largest absolute Gasteiger partial charge is 0.399 e. The molecule has 0 spiro atoms. The number of nitrogens with two attached hydrogens (primary N) is 1. The summed E-state index contributed by atoms with van der Waals surface area (Å²) in [6, 6.07) is 10.0. The smallest absolute Gasteiger partial charge is 0.233 e. The molecule has 6 nitrogen and oxygen atoms in total. The molecule has 3 N–H and O–H groups in total. The maximum Gasteiger partial charge on any atom is 0.233 e. The van der Waals surface area contributed by atoms with E-state index in [9.17, 15) is 4.79 Å². The number of carbonyl (C=O) groups is 1. The highest BCUT2D eigenvalue weighted by Crippen LogP contribution is 2.42. The van der Waals surface area contributed by atoms with Crippen molar-refractivity contribution in [2.45, 2.75) is 31.7 Å². The molecule has 31 heavy (non-hydrogen) atoms. The van der Waals surface area contributed by atoms with E-state index in [0.29, 0.717) is 5.82 Å². The van der Waals surface area contributed by atoms with Gasteiger partial charge >= 0.3 is 0 Å². The van der Waals surface area contributed by atoms with Crippen LogP contribution in [0.15, 0.2) is 66.8 Å². The molecule has 1 aliphatic rings. The van der Waals surface area contributed by atoms with E-state index >= 15 is 0 Å². The predicted octanol–water partition coefficient (Wildman–Crippen LogP) is 4.17. The first kappa shape index (κ1) is 21.1. The van der Waals surface area contributed by atoms with Crippen LogP contribution in [0.5, 0.6) is 0 Å². The summed E-state index contributed by atoms with van der Waals surface area (Å²) in [5, 5.41) is 5.66. The Hall–Kier alpha value is -3.19. The second kappa shape index (κ2) is 8.51. The Morgan fingerprint density at radius 3 is 2.77 bits per heavy atom. The van der Waals surface area contributed by atoms with Gasteiger partial charge in [-0.3, -0.25) is 4.79 Å². The molecule has 160 valence electrons. The third-order valence-electron chi connectivity index (χ3n) is 6.04. The molecule has 1 saturated heterocycles. The number of benzene rings is 1. The maximum absolute atomic E-state index is 13.3. The highest BCUT2D eigenvalue weighted by Gasteiger charge is 2.47. The Balaban J connectivity index is 1.60. The average Bonchev–Trinajstić information content (AvgIpc) is 3.27. The summed E-state index contributed by atoms with van der Waals surface area (Å²) >= 11 is 1.66. The molecule has 0 aliphatic carbocycles. The number of rotatable bonds is 6. The van der Waals surface area contributed by atoms with Crippen LogP contribution in [-0.2, 0) is 16.8 Å². The van der Waals surface area contributed by atoms with Crippen LogP contribution in [-0.4, -0.2) is 27.8 Å². The van der Waals surface area contributed by atoms with Gasteiger partial charge in [-0.2, -0.15) is 0 Å². The highest BCUT2D eigenvalue weighted by atomic mass is 32.1. The van der Waals surface area contributed by atoms with Crippen LogP contribution < -0.4 is 11.1 Å². The van der Waals surface area contributed by atoms with Gasteiger partial charge in [-0.05, 0) is 66.5 Å². The number of thiophene rings is 1. The monoisotopic (exact) mass is 433 g/mol. The molecule has 2 aromatic heterocycles. The van der Waals surface area contributed by atoms with E-state index in [2.05, 4.69) is 46.3 Å². The van der Waals surface area contributed by atoms with Crippen LogP contribution in [0.2, 0.25) is 0 Å².